The van der Waals surface area contributed by atoms with Crippen LogP contribution in [-0.4, -0.2) is 33.2 Å². The van der Waals surface area contributed by atoms with E-state index in [2.05, 4.69) is 15.7 Å². The molecule has 0 unspecified atom stereocenters. The van der Waals surface area contributed by atoms with Gasteiger partial charge < -0.3 is 10.1 Å². The first-order valence-electron chi connectivity index (χ1n) is 11.7. The van der Waals surface area contributed by atoms with E-state index in [-0.39, 0.29) is 11.7 Å². The number of ketones is 1. The number of amides is 2. The van der Waals surface area contributed by atoms with Crippen LogP contribution in [0, 0.1) is 0 Å². The average Bonchev–Trinajstić information content (AvgIpc) is 3.23. The highest BCUT2D eigenvalue weighted by atomic mass is 16.6. The van der Waals surface area contributed by atoms with E-state index in [1.54, 1.807) is 99.2 Å². The standard InChI is InChI=1S/C29H28N4O4/c1-29(2,3)37-28(36)30-23-15-13-19(14-16-23)24-18-25(33(4)32-24)31-27(35)22-12-8-11-21(17-22)26(34)20-9-6-5-7-10-20/h5-18H,1-4H3,(H,30,36)(H,31,35). The van der Waals surface area contributed by atoms with Gasteiger partial charge in [0.05, 0.1) is 5.69 Å². The highest BCUT2D eigenvalue weighted by Crippen LogP contribution is 2.24. The third kappa shape index (κ3) is 6.49. The first kappa shape index (κ1) is 25.4. The lowest BCUT2D eigenvalue weighted by Gasteiger charge is -2.19. The van der Waals surface area contributed by atoms with Crippen LogP contribution in [0.25, 0.3) is 11.3 Å². The molecule has 0 fully saturated rings. The Balaban J connectivity index is 1.45. The Morgan fingerprint density at radius 1 is 0.784 bits per heavy atom. The number of carbonyl (C=O) groups is 3. The zero-order chi connectivity index (χ0) is 26.6. The molecule has 0 aliphatic rings. The van der Waals surface area contributed by atoms with E-state index >= 15 is 0 Å². The lowest BCUT2D eigenvalue weighted by molar-refractivity contribution is 0.0635. The fourth-order valence-corrected chi connectivity index (χ4v) is 3.62. The Hall–Kier alpha value is -4.72. The Labute approximate surface area is 215 Å². The third-order valence-corrected chi connectivity index (χ3v) is 5.37. The number of benzene rings is 3. The fraction of sp³-hybridized carbons (Fsp3) is 0.172. The zero-order valence-electron chi connectivity index (χ0n) is 21.1. The number of rotatable bonds is 6. The molecule has 2 N–H and O–H groups in total. The summed E-state index contributed by atoms with van der Waals surface area (Å²) >= 11 is 0. The molecule has 3 aromatic carbocycles. The first-order valence-corrected chi connectivity index (χ1v) is 11.7. The second-order valence-corrected chi connectivity index (χ2v) is 9.47. The largest absolute Gasteiger partial charge is 0.444 e. The van der Waals surface area contributed by atoms with Crippen molar-refractivity contribution in [2.75, 3.05) is 10.6 Å². The molecule has 0 bridgehead atoms. The zero-order valence-corrected chi connectivity index (χ0v) is 21.1. The second kappa shape index (κ2) is 10.5. The molecule has 4 rings (SSSR count). The second-order valence-electron chi connectivity index (χ2n) is 9.47. The smallest absolute Gasteiger partial charge is 0.412 e. The first-order chi connectivity index (χ1) is 17.6. The SMILES string of the molecule is Cn1nc(-c2ccc(NC(=O)OC(C)(C)C)cc2)cc1NC(=O)c1cccc(C(=O)c2ccccc2)c1. The number of nitrogens with one attached hydrogen (secondary N) is 2. The minimum atomic E-state index is -0.586. The van der Waals surface area contributed by atoms with Gasteiger partial charge in [0, 0.05) is 41.1 Å². The van der Waals surface area contributed by atoms with Crippen molar-refractivity contribution < 1.29 is 19.1 Å². The molecule has 4 aromatic rings. The molecule has 1 aromatic heterocycles. The van der Waals surface area contributed by atoms with E-state index in [4.69, 9.17) is 4.74 Å². The number of ether oxygens (including phenoxy) is 1. The molecular formula is C29H28N4O4. The van der Waals surface area contributed by atoms with Crippen molar-refractivity contribution in [3.8, 4) is 11.3 Å². The molecule has 0 spiro atoms. The van der Waals surface area contributed by atoms with Gasteiger partial charge in [0.1, 0.15) is 11.4 Å². The topological polar surface area (TPSA) is 102 Å². The van der Waals surface area contributed by atoms with Crippen molar-refractivity contribution >= 4 is 29.3 Å². The van der Waals surface area contributed by atoms with Gasteiger partial charge in [0.25, 0.3) is 5.91 Å². The molecule has 0 atom stereocenters. The number of hydrogen-bond donors (Lipinski definition) is 2. The van der Waals surface area contributed by atoms with Gasteiger partial charge in [-0.05, 0) is 45.0 Å². The van der Waals surface area contributed by atoms with E-state index in [0.29, 0.717) is 33.9 Å². The van der Waals surface area contributed by atoms with E-state index in [9.17, 15) is 14.4 Å². The number of carbonyl (C=O) groups excluding carboxylic acids is 3. The predicted octanol–water partition coefficient (Wildman–Crippen LogP) is 5.92. The molecule has 0 radical (unpaired) electrons. The van der Waals surface area contributed by atoms with Gasteiger partial charge in [-0.3, -0.25) is 19.6 Å². The Morgan fingerprint density at radius 3 is 2.11 bits per heavy atom. The summed E-state index contributed by atoms with van der Waals surface area (Å²) in [5.74, 6) is -0.00686. The molecule has 0 saturated heterocycles. The summed E-state index contributed by atoms with van der Waals surface area (Å²) in [6, 6.07) is 24.4. The van der Waals surface area contributed by atoms with Crippen molar-refractivity contribution in [2.24, 2.45) is 7.05 Å². The van der Waals surface area contributed by atoms with Crippen molar-refractivity contribution in [1.82, 2.24) is 9.78 Å². The number of hydrogen-bond acceptors (Lipinski definition) is 5. The molecule has 2 amide bonds. The number of aryl methyl sites for hydroxylation is 1. The van der Waals surface area contributed by atoms with Crippen LogP contribution in [0.3, 0.4) is 0 Å². The monoisotopic (exact) mass is 496 g/mol. The van der Waals surface area contributed by atoms with Gasteiger partial charge in [0.15, 0.2) is 5.78 Å². The van der Waals surface area contributed by atoms with Crippen LogP contribution in [-0.2, 0) is 11.8 Å². The number of aromatic nitrogens is 2. The van der Waals surface area contributed by atoms with Gasteiger partial charge in [-0.2, -0.15) is 5.10 Å². The summed E-state index contributed by atoms with van der Waals surface area (Å²) in [4.78, 5) is 37.7. The summed E-state index contributed by atoms with van der Waals surface area (Å²) in [6.45, 7) is 5.40. The predicted molar refractivity (Wildman–Crippen MR) is 143 cm³/mol. The van der Waals surface area contributed by atoms with E-state index < -0.39 is 11.7 Å². The van der Waals surface area contributed by atoms with Crippen LogP contribution < -0.4 is 10.6 Å². The molecule has 8 nitrogen and oxygen atoms in total. The molecule has 0 aliphatic heterocycles. The Bertz CT molecular complexity index is 1440. The van der Waals surface area contributed by atoms with Gasteiger partial charge in [-0.15, -0.1) is 0 Å². The van der Waals surface area contributed by atoms with Crippen molar-refractivity contribution in [1.29, 1.82) is 0 Å². The van der Waals surface area contributed by atoms with Crippen LogP contribution in [0.1, 0.15) is 47.1 Å². The summed E-state index contributed by atoms with van der Waals surface area (Å²) in [5.41, 5.74) is 2.82. The van der Waals surface area contributed by atoms with E-state index in [1.165, 1.54) is 0 Å². The highest BCUT2D eigenvalue weighted by Gasteiger charge is 2.17. The summed E-state index contributed by atoms with van der Waals surface area (Å²) < 4.78 is 6.84. The quantitative estimate of drug-likeness (QED) is 0.323. The molecule has 0 aliphatic carbocycles. The molecule has 37 heavy (non-hydrogen) atoms. The van der Waals surface area contributed by atoms with Gasteiger partial charge in [-0.25, -0.2) is 4.79 Å². The maximum atomic E-state index is 13.0. The normalized spacial score (nSPS) is 11.0. The molecule has 8 heteroatoms. The third-order valence-electron chi connectivity index (χ3n) is 5.37. The number of anilines is 2. The minimum absolute atomic E-state index is 0.150. The maximum Gasteiger partial charge on any atom is 0.412 e. The van der Waals surface area contributed by atoms with E-state index in [1.807, 2.05) is 18.2 Å². The molecular weight excluding hydrogens is 468 g/mol. The summed E-state index contributed by atoms with van der Waals surface area (Å²) in [6.07, 6.45) is -0.530. The lowest BCUT2D eigenvalue weighted by Crippen LogP contribution is -2.27. The Kier molecular flexibility index (Phi) is 7.20. The fourth-order valence-electron chi connectivity index (χ4n) is 3.62. The van der Waals surface area contributed by atoms with Gasteiger partial charge in [0.2, 0.25) is 0 Å². The molecule has 0 saturated carbocycles. The highest BCUT2D eigenvalue weighted by molar-refractivity contribution is 6.11. The van der Waals surface area contributed by atoms with Crippen molar-refractivity contribution in [3.05, 3.63) is 102 Å². The summed E-state index contributed by atoms with van der Waals surface area (Å²) in [7, 11) is 1.73. The lowest BCUT2D eigenvalue weighted by atomic mass is 10.0. The Morgan fingerprint density at radius 2 is 1.43 bits per heavy atom. The van der Waals surface area contributed by atoms with Crippen molar-refractivity contribution in [2.45, 2.75) is 26.4 Å². The van der Waals surface area contributed by atoms with Crippen LogP contribution in [0.15, 0.2) is 84.9 Å². The molecule has 1 heterocycles. The van der Waals surface area contributed by atoms with Gasteiger partial charge >= 0.3 is 6.09 Å². The van der Waals surface area contributed by atoms with E-state index in [0.717, 1.165) is 5.56 Å². The minimum Gasteiger partial charge on any atom is -0.444 e. The van der Waals surface area contributed by atoms with Crippen LogP contribution in [0.2, 0.25) is 0 Å². The van der Waals surface area contributed by atoms with Crippen LogP contribution in [0.5, 0.6) is 0 Å². The average molecular weight is 497 g/mol. The maximum absolute atomic E-state index is 13.0. The van der Waals surface area contributed by atoms with Crippen LogP contribution in [0.4, 0.5) is 16.3 Å². The summed E-state index contributed by atoms with van der Waals surface area (Å²) in [5, 5.41) is 10.0. The molecule has 188 valence electrons. The van der Waals surface area contributed by atoms with Crippen LogP contribution >= 0.6 is 0 Å². The number of nitrogens with zero attached hydrogens (tertiary/aromatic N) is 2. The van der Waals surface area contributed by atoms with Gasteiger partial charge in [-0.1, -0.05) is 54.6 Å². The van der Waals surface area contributed by atoms with Crippen molar-refractivity contribution in [3.63, 3.8) is 0 Å².